The van der Waals surface area contributed by atoms with Crippen LogP contribution in [0.2, 0.25) is 5.02 Å². The second-order valence-corrected chi connectivity index (χ2v) is 7.87. The van der Waals surface area contributed by atoms with Gasteiger partial charge in [-0.3, -0.25) is 9.59 Å². The van der Waals surface area contributed by atoms with Crippen molar-refractivity contribution in [3.05, 3.63) is 64.2 Å². The Morgan fingerprint density at radius 2 is 1.77 bits per heavy atom. The minimum absolute atomic E-state index is 0.153. The number of amides is 2. The Morgan fingerprint density at radius 3 is 2.37 bits per heavy atom. The van der Waals surface area contributed by atoms with Crippen molar-refractivity contribution in [1.29, 1.82) is 0 Å². The summed E-state index contributed by atoms with van der Waals surface area (Å²) in [5.41, 5.74) is 2.74. The number of rotatable bonds is 10. The van der Waals surface area contributed by atoms with Crippen molar-refractivity contribution in [3.8, 4) is 5.75 Å². The quantitative estimate of drug-likeness (QED) is 0.557. The molecule has 0 fully saturated rings. The van der Waals surface area contributed by atoms with Crippen LogP contribution in [-0.4, -0.2) is 35.9 Å². The Hall–Kier alpha value is -2.53. The Kier molecular flexibility index (Phi) is 9.18. The minimum Gasteiger partial charge on any atom is -0.484 e. The van der Waals surface area contributed by atoms with Crippen LogP contribution < -0.4 is 10.1 Å². The molecule has 0 saturated heterocycles. The molecule has 2 amide bonds. The monoisotopic (exact) mass is 430 g/mol. The number of benzene rings is 2. The molecule has 2 rings (SSSR count). The first-order chi connectivity index (χ1) is 14.3. The van der Waals surface area contributed by atoms with Crippen molar-refractivity contribution in [1.82, 2.24) is 10.2 Å². The van der Waals surface area contributed by atoms with E-state index in [9.17, 15) is 9.59 Å². The second-order valence-electron chi connectivity index (χ2n) is 7.49. The molecule has 0 spiro atoms. The lowest BCUT2D eigenvalue weighted by atomic mass is 10.1. The van der Waals surface area contributed by atoms with E-state index in [4.69, 9.17) is 16.3 Å². The maximum absolute atomic E-state index is 13.0. The molecule has 0 saturated carbocycles. The topological polar surface area (TPSA) is 58.6 Å². The maximum atomic E-state index is 13.0. The fourth-order valence-electron chi connectivity index (χ4n) is 3.12. The van der Waals surface area contributed by atoms with Crippen LogP contribution in [0.3, 0.4) is 0 Å². The summed E-state index contributed by atoms with van der Waals surface area (Å²) in [7, 11) is 0. The van der Waals surface area contributed by atoms with Gasteiger partial charge in [0.15, 0.2) is 6.61 Å². The van der Waals surface area contributed by atoms with Crippen LogP contribution in [0.1, 0.15) is 43.4 Å². The molecule has 1 atom stereocenters. The van der Waals surface area contributed by atoms with Crippen LogP contribution >= 0.6 is 11.6 Å². The molecule has 2 aromatic carbocycles. The van der Waals surface area contributed by atoms with Crippen LogP contribution in [0.25, 0.3) is 0 Å². The summed E-state index contributed by atoms with van der Waals surface area (Å²) in [5.74, 6) is 0.177. The van der Waals surface area contributed by atoms with Crippen LogP contribution in [0.4, 0.5) is 0 Å². The third kappa shape index (κ3) is 6.77. The number of ether oxygens (including phenoxy) is 1. The van der Waals surface area contributed by atoms with Gasteiger partial charge in [-0.05, 0) is 56.0 Å². The lowest BCUT2D eigenvalue weighted by Crippen LogP contribution is -2.49. The molecule has 0 radical (unpaired) electrons. The van der Waals surface area contributed by atoms with Gasteiger partial charge in [0.05, 0.1) is 0 Å². The normalized spacial score (nSPS) is 11.6. The van der Waals surface area contributed by atoms with Gasteiger partial charge < -0.3 is 15.0 Å². The SMILES string of the molecule is CCCCNC(=O)[C@H](C)N(Cc1ccccc1)C(=O)COc1cc(C)c(Cl)c(C)c1. The summed E-state index contributed by atoms with van der Waals surface area (Å²) < 4.78 is 5.75. The average molecular weight is 431 g/mol. The zero-order valence-corrected chi connectivity index (χ0v) is 19.0. The van der Waals surface area contributed by atoms with Gasteiger partial charge in [-0.25, -0.2) is 0 Å². The van der Waals surface area contributed by atoms with E-state index in [1.54, 1.807) is 11.8 Å². The van der Waals surface area contributed by atoms with Crippen molar-refractivity contribution in [2.24, 2.45) is 0 Å². The molecule has 0 heterocycles. The molecule has 0 aliphatic heterocycles. The summed E-state index contributed by atoms with van der Waals surface area (Å²) in [5, 5.41) is 3.60. The van der Waals surface area contributed by atoms with Gasteiger partial charge >= 0.3 is 0 Å². The molecule has 162 valence electrons. The van der Waals surface area contributed by atoms with Crippen LogP contribution in [0, 0.1) is 13.8 Å². The first kappa shape index (κ1) is 23.7. The van der Waals surface area contributed by atoms with Crippen molar-refractivity contribution < 1.29 is 14.3 Å². The van der Waals surface area contributed by atoms with E-state index in [2.05, 4.69) is 12.2 Å². The number of unbranched alkanes of at least 4 members (excludes halogenated alkanes) is 1. The molecular weight excluding hydrogens is 400 g/mol. The highest BCUT2D eigenvalue weighted by Crippen LogP contribution is 2.26. The predicted octanol–water partition coefficient (Wildman–Crippen LogP) is 4.67. The lowest BCUT2D eigenvalue weighted by Gasteiger charge is -2.28. The van der Waals surface area contributed by atoms with E-state index in [0.29, 0.717) is 23.9 Å². The fourth-order valence-corrected chi connectivity index (χ4v) is 3.23. The third-order valence-electron chi connectivity index (χ3n) is 4.96. The van der Waals surface area contributed by atoms with E-state index in [0.717, 1.165) is 29.5 Å². The highest BCUT2D eigenvalue weighted by Gasteiger charge is 2.26. The Balaban J connectivity index is 2.12. The zero-order valence-electron chi connectivity index (χ0n) is 18.2. The van der Waals surface area contributed by atoms with Crippen LogP contribution in [-0.2, 0) is 16.1 Å². The number of nitrogens with one attached hydrogen (secondary N) is 1. The number of nitrogens with zero attached hydrogens (tertiary/aromatic N) is 1. The van der Waals surface area contributed by atoms with Crippen molar-refractivity contribution in [3.63, 3.8) is 0 Å². The molecule has 1 N–H and O–H groups in total. The molecule has 6 heteroatoms. The number of hydrogen-bond acceptors (Lipinski definition) is 3. The molecule has 0 bridgehead atoms. The lowest BCUT2D eigenvalue weighted by molar-refractivity contribution is -0.142. The standard InChI is InChI=1S/C24H31ClN2O3/c1-5-6-12-26-24(29)19(4)27(15-20-10-8-7-9-11-20)22(28)16-30-21-13-17(2)23(25)18(3)14-21/h7-11,13-14,19H,5-6,12,15-16H2,1-4H3,(H,26,29)/t19-/m0/s1. The summed E-state index contributed by atoms with van der Waals surface area (Å²) in [6.07, 6.45) is 1.90. The molecule has 0 aliphatic carbocycles. The predicted molar refractivity (Wildman–Crippen MR) is 121 cm³/mol. The number of hydrogen-bond donors (Lipinski definition) is 1. The number of carbonyl (C=O) groups is 2. The minimum atomic E-state index is -0.605. The van der Waals surface area contributed by atoms with Crippen molar-refractivity contribution in [2.45, 2.75) is 53.1 Å². The van der Waals surface area contributed by atoms with E-state index in [1.807, 2.05) is 56.3 Å². The fraction of sp³-hybridized carbons (Fsp3) is 0.417. The molecule has 0 aromatic heterocycles. The van der Waals surface area contributed by atoms with E-state index in [1.165, 1.54) is 0 Å². The smallest absolute Gasteiger partial charge is 0.261 e. The van der Waals surface area contributed by atoms with Gasteiger partial charge in [-0.15, -0.1) is 0 Å². The number of halogens is 1. The number of aryl methyl sites for hydroxylation is 2. The first-order valence-corrected chi connectivity index (χ1v) is 10.7. The van der Waals surface area contributed by atoms with Crippen molar-refractivity contribution >= 4 is 23.4 Å². The highest BCUT2D eigenvalue weighted by atomic mass is 35.5. The Morgan fingerprint density at radius 1 is 1.13 bits per heavy atom. The van der Waals surface area contributed by atoms with E-state index in [-0.39, 0.29) is 18.4 Å². The van der Waals surface area contributed by atoms with E-state index >= 15 is 0 Å². The summed E-state index contributed by atoms with van der Waals surface area (Å²) >= 11 is 6.21. The molecule has 2 aromatic rings. The highest BCUT2D eigenvalue weighted by molar-refractivity contribution is 6.32. The Labute approximate surface area is 184 Å². The van der Waals surface area contributed by atoms with Gasteiger partial charge in [-0.1, -0.05) is 55.3 Å². The molecule has 5 nitrogen and oxygen atoms in total. The van der Waals surface area contributed by atoms with Gasteiger partial charge in [0.25, 0.3) is 5.91 Å². The Bertz CT molecular complexity index is 832. The summed E-state index contributed by atoms with van der Waals surface area (Å²) in [6.45, 7) is 8.40. The van der Waals surface area contributed by atoms with Crippen molar-refractivity contribution in [2.75, 3.05) is 13.2 Å². The van der Waals surface area contributed by atoms with Gasteiger partial charge in [0, 0.05) is 18.1 Å². The molecule has 30 heavy (non-hydrogen) atoms. The van der Waals surface area contributed by atoms with Gasteiger partial charge in [0.1, 0.15) is 11.8 Å². The summed E-state index contributed by atoms with van der Waals surface area (Å²) in [6, 6.07) is 12.6. The van der Waals surface area contributed by atoms with E-state index < -0.39 is 6.04 Å². The second kappa shape index (κ2) is 11.6. The van der Waals surface area contributed by atoms with Crippen LogP contribution in [0.5, 0.6) is 5.75 Å². The number of carbonyl (C=O) groups excluding carboxylic acids is 2. The molecular formula is C24H31ClN2O3. The zero-order chi connectivity index (χ0) is 22.1. The van der Waals surface area contributed by atoms with Gasteiger partial charge in [0.2, 0.25) is 5.91 Å². The van der Waals surface area contributed by atoms with Crippen LogP contribution in [0.15, 0.2) is 42.5 Å². The maximum Gasteiger partial charge on any atom is 0.261 e. The molecule has 0 unspecified atom stereocenters. The third-order valence-corrected chi connectivity index (χ3v) is 5.56. The largest absolute Gasteiger partial charge is 0.484 e. The summed E-state index contributed by atoms with van der Waals surface area (Å²) in [4.78, 5) is 27.2. The first-order valence-electron chi connectivity index (χ1n) is 10.3. The van der Waals surface area contributed by atoms with Gasteiger partial charge in [-0.2, -0.15) is 0 Å². The average Bonchev–Trinajstić information content (AvgIpc) is 2.74. The molecule has 0 aliphatic rings.